The minimum absolute atomic E-state index is 0.540. The average molecular weight is 366 g/mol. The SMILES string of the molecule is Nc1nc(-c2ccncc2)nc(C2CCCC2)c1I. The van der Waals surface area contributed by atoms with Crippen molar-refractivity contribution < 1.29 is 0 Å². The predicted octanol–water partition coefficient (Wildman–Crippen LogP) is 3.38. The molecule has 1 saturated carbocycles. The first-order chi connectivity index (χ1) is 9.25. The summed E-state index contributed by atoms with van der Waals surface area (Å²) in [6, 6.07) is 3.83. The third kappa shape index (κ3) is 2.56. The molecule has 98 valence electrons. The van der Waals surface area contributed by atoms with E-state index in [2.05, 4.69) is 32.6 Å². The third-order valence-electron chi connectivity index (χ3n) is 3.58. The molecular weight excluding hydrogens is 351 g/mol. The van der Waals surface area contributed by atoms with E-state index in [1.165, 1.54) is 25.7 Å². The molecule has 4 nitrogen and oxygen atoms in total. The van der Waals surface area contributed by atoms with E-state index >= 15 is 0 Å². The van der Waals surface area contributed by atoms with Crippen LogP contribution in [0.5, 0.6) is 0 Å². The van der Waals surface area contributed by atoms with Crippen LogP contribution in [-0.2, 0) is 0 Å². The number of hydrogen-bond donors (Lipinski definition) is 1. The van der Waals surface area contributed by atoms with Crippen LogP contribution in [0.1, 0.15) is 37.3 Å². The predicted molar refractivity (Wildman–Crippen MR) is 83.6 cm³/mol. The summed E-state index contributed by atoms with van der Waals surface area (Å²) in [5, 5.41) is 0. The number of rotatable bonds is 2. The molecule has 0 saturated heterocycles. The molecule has 0 spiro atoms. The topological polar surface area (TPSA) is 64.7 Å². The van der Waals surface area contributed by atoms with E-state index in [0.717, 1.165) is 14.8 Å². The largest absolute Gasteiger partial charge is 0.383 e. The van der Waals surface area contributed by atoms with Crippen LogP contribution in [-0.4, -0.2) is 15.0 Å². The zero-order valence-corrected chi connectivity index (χ0v) is 12.7. The molecule has 0 aromatic carbocycles. The van der Waals surface area contributed by atoms with Crippen molar-refractivity contribution in [3.05, 3.63) is 33.8 Å². The molecule has 5 heteroatoms. The number of halogens is 1. The van der Waals surface area contributed by atoms with Crippen LogP contribution in [0, 0.1) is 3.57 Å². The molecule has 1 fully saturated rings. The van der Waals surface area contributed by atoms with Gasteiger partial charge in [0.2, 0.25) is 0 Å². The maximum absolute atomic E-state index is 6.05. The lowest BCUT2D eigenvalue weighted by atomic mass is 10.0. The lowest BCUT2D eigenvalue weighted by Crippen LogP contribution is -2.07. The quantitative estimate of drug-likeness (QED) is 0.828. The smallest absolute Gasteiger partial charge is 0.161 e. The lowest BCUT2D eigenvalue weighted by molar-refractivity contribution is 0.691. The van der Waals surface area contributed by atoms with Gasteiger partial charge in [0.1, 0.15) is 5.82 Å². The molecule has 1 aliphatic rings. The van der Waals surface area contributed by atoms with Crippen LogP contribution >= 0.6 is 22.6 Å². The van der Waals surface area contributed by atoms with E-state index in [1.807, 2.05) is 12.1 Å². The van der Waals surface area contributed by atoms with Gasteiger partial charge in [0.05, 0.1) is 9.26 Å². The highest BCUT2D eigenvalue weighted by molar-refractivity contribution is 14.1. The number of nitrogens with two attached hydrogens (primary N) is 1. The fourth-order valence-corrected chi connectivity index (χ4v) is 3.26. The van der Waals surface area contributed by atoms with E-state index < -0.39 is 0 Å². The van der Waals surface area contributed by atoms with Crippen molar-refractivity contribution >= 4 is 28.4 Å². The normalized spacial score (nSPS) is 15.8. The molecule has 0 amide bonds. The molecule has 1 aliphatic carbocycles. The summed E-state index contributed by atoms with van der Waals surface area (Å²) in [5.41, 5.74) is 8.14. The molecule has 2 aromatic rings. The first-order valence-electron chi connectivity index (χ1n) is 6.49. The average Bonchev–Trinajstić information content (AvgIpc) is 2.96. The Hall–Kier alpha value is -1.24. The number of nitrogens with zero attached hydrogens (tertiary/aromatic N) is 3. The van der Waals surface area contributed by atoms with Gasteiger partial charge in [0.25, 0.3) is 0 Å². The van der Waals surface area contributed by atoms with Gasteiger partial charge < -0.3 is 5.73 Å². The van der Waals surface area contributed by atoms with Gasteiger partial charge in [0.15, 0.2) is 5.82 Å². The fraction of sp³-hybridized carbons (Fsp3) is 0.357. The van der Waals surface area contributed by atoms with Crippen molar-refractivity contribution in [2.75, 3.05) is 5.73 Å². The zero-order chi connectivity index (χ0) is 13.2. The Morgan fingerprint density at radius 2 is 1.79 bits per heavy atom. The zero-order valence-electron chi connectivity index (χ0n) is 10.5. The van der Waals surface area contributed by atoms with Crippen LogP contribution in [0.3, 0.4) is 0 Å². The monoisotopic (exact) mass is 366 g/mol. The summed E-state index contributed by atoms with van der Waals surface area (Å²) in [6.07, 6.45) is 8.50. The summed E-state index contributed by atoms with van der Waals surface area (Å²) < 4.78 is 1.02. The molecule has 0 unspecified atom stereocenters. The van der Waals surface area contributed by atoms with E-state index in [0.29, 0.717) is 17.6 Å². The number of hydrogen-bond acceptors (Lipinski definition) is 4. The summed E-state index contributed by atoms with van der Waals surface area (Å²) in [6.45, 7) is 0. The Balaban J connectivity index is 2.07. The molecule has 0 bridgehead atoms. The first kappa shape index (κ1) is 12.8. The minimum atomic E-state index is 0.540. The third-order valence-corrected chi connectivity index (χ3v) is 4.69. The number of nitrogen functional groups attached to an aromatic ring is 1. The summed E-state index contributed by atoms with van der Waals surface area (Å²) in [4.78, 5) is 13.2. The Bertz CT molecular complexity index is 579. The second-order valence-corrected chi connectivity index (χ2v) is 5.93. The van der Waals surface area contributed by atoms with Gasteiger partial charge in [-0.1, -0.05) is 12.8 Å². The van der Waals surface area contributed by atoms with E-state index in [-0.39, 0.29) is 0 Å². The molecule has 0 radical (unpaired) electrons. The van der Waals surface area contributed by atoms with Gasteiger partial charge in [-0.2, -0.15) is 0 Å². The Morgan fingerprint density at radius 3 is 2.47 bits per heavy atom. The van der Waals surface area contributed by atoms with E-state index in [1.54, 1.807) is 12.4 Å². The first-order valence-corrected chi connectivity index (χ1v) is 7.57. The van der Waals surface area contributed by atoms with Gasteiger partial charge in [0, 0.05) is 23.9 Å². The molecule has 19 heavy (non-hydrogen) atoms. The number of pyridine rings is 1. The lowest BCUT2D eigenvalue weighted by Gasteiger charge is -2.13. The van der Waals surface area contributed by atoms with Crippen LogP contribution in [0.2, 0.25) is 0 Å². The maximum atomic E-state index is 6.05. The van der Waals surface area contributed by atoms with Crippen LogP contribution < -0.4 is 5.73 Å². The Kier molecular flexibility index (Phi) is 3.63. The van der Waals surface area contributed by atoms with Crippen molar-refractivity contribution in [3.8, 4) is 11.4 Å². The Morgan fingerprint density at radius 1 is 1.11 bits per heavy atom. The van der Waals surface area contributed by atoms with Crippen LogP contribution in [0.4, 0.5) is 5.82 Å². The molecule has 3 rings (SSSR count). The van der Waals surface area contributed by atoms with Gasteiger partial charge >= 0.3 is 0 Å². The van der Waals surface area contributed by atoms with Crippen molar-refractivity contribution in [3.63, 3.8) is 0 Å². The van der Waals surface area contributed by atoms with Crippen molar-refractivity contribution in [2.24, 2.45) is 0 Å². The molecule has 0 aliphatic heterocycles. The van der Waals surface area contributed by atoms with Crippen molar-refractivity contribution in [1.29, 1.82) is 0 Å². The number of aromatic nitrogens is 3. The number of anilines is 1. The molecule has 2 heterocycles. The highest BCUT2D eigenvalue weighted by atomic mass is 127. The highest BCUT2D eigenvalue weighted by Crippen LogP contribution is 2.37. The van der Waals surface area contributed by atoms with Gasteiger partial charge in [-0.3, -0.25) is 4.98 Å². The molecule has 2 aromatic heterocycles. The summed E-state index contributed by atoms with van der Waals surface area (Å²) in [7, 11) is 0. The van der Waals surface area contributed by atoms with E-state index in [9.17, 15) is 0 Å². The second kappa shape index (κ2) is 5.40. The fourth-order valence-electron chi connectivity index (χ4n) is 2.58. The van der Waals surface area contributed by atoms with Crippen molar-refractivity contribution in [2.45, 2.75) is 31.6 Å². The summed E-state index contributed by atoms with van der Waals surface area (Å²) in [5.74, 6) is 1.84. The van der Waals surface area contributed by atoms with Crippen LogP contribution in [0.25, 0.3) is 11.4 Å². The maximum Gasteiger partial charge on any atom is 0.161 e. The van der Waals surface area contributed by atoms with Gasteiger partial charge in [-0.25, -0.2) is 9.97 Å². The van der Waals surface area contributed by atoms with Crippen LogP contribution in [0.15, 0.2) is 24.5 Å². The van der Waals surface area contributed by atoms with E-state index in [4.69, 9.17) is 10.7 Å². The van der Waals surface area contributed by atoms with Gasteiger partial charge in [-0.15, -0.1) is 0 Å². The summed E-state index contributed by atoms with van der Waals surface area (Å²) >= 11 is 2.27. The standard InChI is InChI=1S/C14H15IN4/c15-11-12(9-3-1-2-4-9)18-14(19-13(11)16)10-5-7-17-8-6-10/h5-9H,1-4H2,(H2,16,18,19). The minimum Gasteiger partial charge on any atom is -0.383 e. The Labute approximate surface area is 126 Å². The highest BCUT2D eigenvalue weighted by Gasteiger charge is 2.23. The second-order valence-electron chi connectivity index (χ2n) is 4.85. The molecular formula is C14H15IN4. The molecule has 0 atom stereocenters. The van der Waals surface area contributed by atoms with Crippen molar-refractivity contribution in [1.82, 2.24) is 15.0 Å². The molecule has 2 N–H and O–H groups in total. The van der Waals surface area contributed by atoms with Gasteiger partial charge in [-0.05, 0) is 47.6 Å².